The standard InChI is InChI=1S/C18H25NO2/c20-11-3-10-19(17-6-2-7-17)18(21)13-14-8-9-15-4-1-5-16(15)12-14/h8-9,12,17,20H,1-7,10-11,13H2. The Labute approximate surface area is 127 Å². The molecule has 1 amide bonds. The number of aliphatic hydroxyl groups is 1. The minimum atomic E-state index is 0.162. The summed E-state index contributed by atoms with van der Waals surface area (Å²) in [6, 6.07) is 6.96. The van der Waals surface area contributed by atoms with Crippen molar-refractivity contribution in [3.05, 3.63) is 34.9 Å². The number of hydrogen-bond donors (Lipinski definition) is 1. The van der Waals surface area contributed by atoms with Crippen LogP contribution in [0.2, 0.25) is 0 Å². The summed E-state index contributed by atoms with van der Waals surface area (Å²) in [5.41, 5.74) is 4.04. The minimum Gasteiger partial charge on any atom is -0.396 e. The summed E-state index contributed by atoms with van der Waals surface area (Å²) in [4.78, 5) is 14.6. The molecule has 1 aromatic carbocycles. The van der Waals surface area contributed by atoms with Crippen molar-refractivity contribution in [2.24, 2.45) is 0 Å². The maximum atomic E-state index is 12.6. The van der Waals surface area contributed by atoms with E-state index in [0.717, 1.165) is 24.8 Å². The van der Waals surface area contributed by atoms with Gasteiger partial charge < -0.3 is 10.0 Å². The Morgan fingerprint density at radius 3 is 2.71 bits per heavy atom. The highest BCUT2D eigenvalue weighted by molar-refractivity contribution is 5.79. The van der Waals surface area contributed by atoms with E-state index >= 15 is 0 Å². The van der Waals surface area contributed by atoms with Crippen molar-refractivity contribution in [2.45, 2.75) is 57.4 Å². The van der Waals surface area contributed by atoms with E-state index in [4.69, 9.17) is 5.11 Å². The van der Waals surface area contributed by atoms with Crippen LogP contribution in [0.15, 0.2) is 18.2 Å². The lowest BCUT2D eigenvalue weighted by atomic mass is 9.90. The van der Waals surface area contributed by atoms with Gasteiger partial charge in [0.05, 0.1) is 6.42 Å². The molecule has 0 heterocycles. The first kappa shape index (κ1) is 14.6. The van der Waals surface area contributed by atoms with Gasteiger partial charge in [-0.1, -0.05) is 18.2 Å². The second kappa shape index (κ2) is 6.61. The fourth-order valence-electron chi connectivity index (χ4n) is 3.46. The molecule has 2 aliphatic rings. The van der Waals surface area contributed by atoms with Crippen LogP contribution in [-0.2, 0) is 24.1 Å². The topological polar surface area (TPSA) is 40.5 Å². The average Bonchev–Trinajstić information content (AvgIpc) is 2.88. The zero-order valence-electron chi connectivity index (χ0n) is 12.7. The molecule has 3 nitrogen and oxygen atoms in total. The summed E-state index contributed by atoms with van der Waals surface area (Å²) >= 11 is 0. The number of hydrogen-bond acceptors (Lipinski definition) is 2. The highest BCUT2D eigenvalue weighted by Gasteiger charge is 2.28. The van der Waals surface area contributed by atoms with E-state index in [1.165, 1.54) is 30.4 Å². The molecule has 0 bridgehead atoms. The van der Waals surface area contributed by atoms with Gasteiger partial charge in [-0.15, -0.1) is 0 Å². The predicted octanol–water partition coefficient (Wildman–Crippen LogP) is 2.48. The molecule has 0 radical (unpaired) electrons. The Morgan fingerprint density at radius 1 is 1.19 bits per heavy atom. The third-order valence-corrected chi connectivity index (χ3v) is 4.91. The number of carbonyl (C=O) groups excluding carboxylic acids is 1. The van der Waals surface area contributed by atoms with Crippen molar-refractivity contribution in [1.82, 2.24) is 4.90 Å². The van der Waals surface area contributed by atoms with Crippen molar-refractivity contribution in [3.63, 3.8) is 0 Å². The number of aryl methyl sites for hydroxylation is 2. The molecule has 1 fully saturated rings. The monoisotopic (exact) mass is 287 g/mol. The molecule has 0 spiro atoms. The molecular formula is C18H25NO2. The minimum absolute atomic E-state index is 0.162. The lowest BCUT2D eigenvalue weighted by Crippen LogP contribution is -2.45. The number of nitrogens with zero attached hydrogens (tertiary/aromatic N) is 1. The van der Waals surface area contributed by atoms with Crippen LogP contribution >= 0.6 is 0 Å². The van der Waals surface area contributed by atoms with E-state index in [9.17, 15) is 4.79 Å². The van der Waals surface area contributed by atoms with E-state index in [-0.39, 0.29) is 12.5 Å². The van der Waals surface area contributed by atoms with E-state index in [2.05, 4.69) is 18.2 Å². The van der Waals surface area contributed by atoms with Crippen LogP contribution in [-0.4, -0.2) is 35.1 Å². The maximum absolute atomic E-state index is 12.6. The lowest BCUT2D eigenvalue weighted by molar-refractivity contribution is -0.134. The second-order valence-electron chi connectivity index (χ2n) is 6.38. The van der Waals surface area contributed by atoms with Gasteiger partial charge in [0.15, 0.2) is 0 Å². The number of rotatable bonds is 6. The molecule has 0 unspecified atom stereocenters. The van der Waals surface area contributed by atoms with Gasteiger partial charge in [-0.05, 0) is 61.6 Å². The normalized spacial score (nSPS) is 17.4. The van der Waals surface area contributed by atoms with Gasteiger partial charge in [-0.25, -0.2) is 0 Å². The average molecular weight is 287 g/mol. The second-order valence-corrected chi connectivity index (χ2v) is 6.38. The van der Waals surface area contributed by atoms with Gasteiger partial charge in [0.2, 0.25) is 5.91 Å². The molecule has 0 aliphatic heterocycles. The zero-order valence-corrected chi connectivity index (χ0v) is 12.7. The lowest BCUT2D eigenvalue weighted by Gasteiger charge is -2.37. The highest BCUT2D eigenvalue weighted by atomic mass is 16.3. The highest BCUT2D eigenvalue weighted by Crippen LogP contribution is 2.27. The Bertz CT molecular complexity index is 508. The van der Waals surface area contributed by atoms with Gasteiger partial charge >= 0.3 is 0 Å². The number of fused-ring (bicyclic) bond motifs is 1. The summed E-state index contributed by atoms with van der Waals surface area (Å²) in [6.45, 7) is 0.861. The molecule has 0 aromatic heterocycles. The summed E-state index contributed by atoms with van der Waals surface area (Å²) in [5.74, 6) is 0.228. The molecule has 3 heteroatoms. The predicted molar refractivity (Wildman–Crippen MR) is 83.2 cm³/mol. The summed E-state index contributed by atoms with van der Waals surface area (Å²) in [5, 5.41) is 9.03. The van der Waals surface area contributed by atoms with Gasteiger partial charge in [0, 0.05) is 19.2 Å². The Balaban J connectivity index is 1.65. The molecule has 0 saturated heterocycles. The summed E-state index contributed by atoms with van der Waals surface area (Å²) < 4.78 is 0. The fraction of sp³-hybridized carbons (Fsp3) is 0.611. The van der Waals surface area contributed by atoms with Crippen LogP contribution in [0, 0.1) is 0 Å². The van der Waals surface area contributed by atoms with E-state index < -0.39 is 0 Å². The Hall–Kier alpha value is -1.35. The van der Waals surface area contributed by atoms with Gasteiger partial charge in [0.25, 0.3) is 0 Å². The summed E-state index contributed by atoms with van der Waals surface area (Å²) in [6.07, 6.45) is 8.27. The van der Waals surface area contributed by atoms with Crippen LogP contribution in [0.25, 0.3) is 0 Å². The number of amides is 1. The van der Waals surface area contributed by atoms with E-state index in [0.29, 0.717) is 25.4 Å². The maximum Gasteiger partial charge on any atom is 0.227 e. The molecule has 114 valence electrons. The Morgan fingerprint density at radius 2 is 2.00 bits per heavy atom. The number of benzene rings is 1. The van der Waals surface area contributed by atoms with Crippen LogP contribution in [0.3, 0.4) is 0 Å². The third-order valence-electron chi connectivity index (χ3n) is 4.91. The molecular weight excluding hydrogens is 262 g/mol. The van der Waals surface area contributed by atoms with Crippen LogP contribution in [0.5, 0.6) is 0 Å². The SMILES string of the molecule is O=C(Cc1ccc2c(c1)CCC2)N(CCCO)C1CCC1. The quantitative estimate of drug-likeness (QED) is 0.873. The van der Waals surface area contributed by atoms with E-state index in [1.54, 1.807) is 0 Å². The fourth-order valence-corrected chi connectivity index (χ4v) is 3.46. The first-order valence-electron chi connectivity index (χ1n) is 8.29. The first-order valence-corrected chi connectivity index (χ1v) is 8.29. The van der Waals surface area contributed by atoms with Gasteiger partial charge in [-0.3, -0.25) is 4.79 Å². The smallest absolute Gasteiger partial charge is 0.227 e. The molecule has 1 N–H and O–H groups in total. The number of carbonyl (C=O) groups is 1. The van der Waals surface area contributed by atoms with Crippen molar-refractivity contribution in [1.29, 1.82) is 0 Å². The van der Waals surface area contributed by atoms with Gasteiger partial charge in [-0.2, -0.15) is 0 Å². The van der Waals surface area contributed by atoms with Gasteiger partial charge in [0.1, 0.15) is 0 Å². The third kappa shape index (κ3) is 3.29. The molecule has 3 rings (SSSR count). The van der Waals surface area contributed by atoms with Crippen LogP contribution in [0.1, 0.15) is 48.8 Å². The van der Waals surface area contributed by atoms with Crippen molar-refractivity contribution in [2.75, 3.05) is 13.2 Å². The van der Waals surface area contributed by atoms with Crippen LogP contribution in [0.4, 0.5) is 0 Å². The van der Waals surface area contributed by atoms with Crippen molar-refractivity contribution < 1.29 is 9.90 Å². The Kier molecular flexibility index (Phi) is 4.59. The summed E-state index contributed by atoms with van der Waals surface area (Å²) in [7, 11) is 0. The zero-order chi connectivity index (χ0) is 14.7. The largest absolute Gasteiger partial charge is 0.396 e. The molecule has 1 saturated carbocycles. The van der Waals surface area contributed by atoms with Crippen LogP contribution < -0.4 is 0 Å². The number of aliphatic hydroxyl groups excluding tert-OH is 1. The van der Waals surface area contributed by atoms with E-state index in [1.807, 2.05) is 4.90 Å². The van der Waals surface area contributed by atoms with Crippen molar-refractivity contribution in [3.8, 4) is 0 Å². The van der Waals surface area contributed by atoms with Crippen molar-refractivity contribution >= 4 is 5.91 Å². The molecule has 2 aliphatic carbocycles. The first-order chi connectivity index (χ1) is 10.3. The molecule has 1 aromatic rings. The molecule has 21 heavy (non-hydrogen) atoms. The molecule has 0 atom stereocenters.